The van der Waals surface area contributed by atoms with Gasteiger partial charge in [-0.15, -0.1) is 0 Å². The number of halogens is 1. The molecule has 2 rings (SSSR count). The van der Waals surface area contributed by atoms with Gasteiger partial charge in [0, 0.05) is 12.6 Å². The highest BCUT2D eigenvalue weighted by molar-refractivity contribution is 5.73. The lowest BCUT2D eigenvalue weighted by Crippen LogP contribution is -2.36. The number of carbonyl (C=O) groups excluding carboxylic acids is 1. The third-order valence-electron chi connectivity index (χ3n) is 3.50. The van der Waals surface area contributed by atoms with Gasteiger partial charge in [0.15, 0.2) is 0 Å². The van der Waals surface area contributed by atoms with Gasteiger partial charge in [0.05, 0.1) is 13.0 Å². The molecule has 3 nitrogen and oxygen atoms in total. The zero-order valence-corrected chi connectivity index (χ0v) is 10.5. The fraction of sp³-hybridized carbons (Fsp3) is 0.500. The van der Waals surface area contributed by atoms with Crippen LogP contribution in [0, 0.1) is 11.7 Å². The Morgan fingerprint density at radius 2 is 2.11 bits per heavy atom. The molecule has 1 saturated carbocycles. The van der Waals surface area contributed by atoms with Gasteiger partial charge in [0.1, 0.15) is 5.82 Å². The van der Waals surface area contributed by atoms with Crippen LogP contribution in [0.5, 0.6) is 0 Å². The summed E-state index contributed by atoms with van der Waals surface area (Å²) in [6.07, 6.45) is 2.91. The van der Waals surface area contributed by atoms with E-state index in [0.29, 0.717) is 6.54 Å². The topological polar surface area (TPSA) is 38.3 Å². The number of esters is 1. The van der Waals surface area contributed by atoms with Crippen LogP contribution < -0.4 is 5.32 Å². The van der Waals surface area contributed by atoms with Crippen LogP contribution in [0.3, 0.4) is 0 Å². The summed E-state index contributed by atoms with van der Waals surface area (Å²) >= 11 is 0. The lowest BCUT2D eigenvalue weighted by Gasteiger charge is -2.19. The van der Waals surface area contributed by atoms with Crippen molar-refractivity contribution < 1.29 is 13.9 Å². The smallest absolute Gasteiger partial charge is 0.310 e. The summed E-state index contributed by atoms with van der Waals surface area (Å²) in [6.45, 7) is 0.651. The molecule has 1 aliphatic rings. The maximum absolute atomic E-state index is 12.8. The molecule has 0 radical (unpaired) electrons. The molecule has 0 bridgehead atoms. The van der Waals surface area contributed by atoms with Crippen LogP contribution in [-0.4, -0.2) is 19.1 Å². The van der Waals surface area contributed by atoms with Gasteiger partial charge in [-0.3, -0.25) is 4.79 Å². The Hall–Kier alpha value is -1.42. The molecule has 98 valence electrons. The summed E-state index contributed by atoms with van der Waals surface area (Å²) in [6, 6.07) is 6.57. The number of carbonyl (C=O) groups is 1. The first-order chi connectivity index (χ1) is 8.70. The average Bonchev–Trinajstić information content (AvgIpc) is 2.85. The summed E-state index contributed by atoms with van der Waals surface area (Å²) in [5, 5.41) is 3.36. The van der Waals surface area contributed by atoms with E-state index in [4.69, 9.17) is 4.74 Å². The second-order valence-electron chi connectivity index (χ2n) is 4.67. The molecule has 4 heteroatoms. The number of nitrogens with one attached hydrogen (secondary N) is 1. The molecule has 0 saturated heterocycles. The lowest BCUT2D eigenvalue weighted by atomic mass is 10.0. The minimum Gasteiger partial charge on any atom is -0.469 e. The Kier molecular flexibility index (Phi) is 4.31. The molecule has 0 amide bonds. The Balaban J connectivity index is 1.89. The SMILES string of the molecule is COC(=O)[C@H]1CCC[C@H]1NCc1ccc(F)cc1. The summed E-state index contributed by atoms with van der Waals surface area (Å²) in [4.78, 5) is 11.6. The first kappa shape index (κ1) is 13.0. The standard InChI is InChI=1S/C14H18FNO2/c1-18-14(17)12-3-2-4-13(12)16-9-10-5-7-11(15)8-6-10/h5-8,12-13,16H,2-4,9H2,1H3/t12-,13+/m0/s1. The summed E-state index contributed by atoms with van der Waals surface area (Å²) < 4.78 is 17.6. The number of hydrogen-bond donors (Lipinski definition) is 1. The van der Waals surface area contributed by atoms with E-state index < -0.39 is 0 Å². The lowest BCUT2D eigenvalue weighted by molar-refractivity contribution is -0.145. The average molecular weight is 251 g/mol. The summed E-state index contributed by atoms with van der Waals surface area (Å²) in [5.41, 5.74) is 1.02. The molecule has 1 aromatic carbocycles. The molecule has 0 heterocycles. The minimum atomic E-state index is -0.230. The van der Waals surface area contributed by atoms with Gasteiger partial charge in [0.2, 0.25) is 0 Å². The van der Waals surface area contributed by atoms with Crippen molar-refractivity contribution in [2.75, 3.05) is 7.11 Å². The molecule has 18 heavy (non-hydrogen) atoms. The van der Waals surface area contributed by atoms with Gasteiger partial charge in [-0.2, -0.15) is 0 Å². The van der Waals surface area contributed by atoms with E-state index in [2.05, 4.69) is 5.32 Å². The Labute approximate surface area is 106 Å². The van der Waals surface area contributed by atoms with Crippen molar-refractivity contribution in [3.05, 3.63) is 35.6 Å². The van der Waals surface area contributed by atoms with Crippen LogP contribution in [0.25, 0.3) is 0 Å². The van der Waals surface area contributed by atoms with Gasteiger partial charge >= 0.3 is 5.97 Å². The monoisotopic (exact) mass is 251 g/mol. The largest absolute Gasteiger partial charge is 0.469 e. The van der Waals surface area contributed by atoms with Gasteiger partial charge in [-0.05, 0) is 30.5 Å². The third kappa shape index (κ3) is 3.07. The number of methoxy groups -OCH3 is 1. The molecule has 0 unspecified atom stereocenters. The zero-order valence-electron chi connectivity index (χ0n) is 10.5. The summed E-state index contributed by atoms with van der Waals surface area (Å²) in [7, 11) is 1.43. The highest BCUT2D eigenvalue weighted by Crippen LogP contribution is 2.26. The normalized spacial score (nSPS) is 23.0. The first-order valence-electron chi connectivity index (χ1n) is 6.26. The van der Waals surface area contributed by atoms with Gasteiger partial charge in [-0.1, -0.05) is 18.6 Å². The van der Waals surface area contributed by atoms with E-state index in [9.17, 15) is 9.18 Å². The highest BCUT2D eigenvalue weighted by Gasteiger charge is 2.33. The molecule has 2 atom stereocenters. The van der Waals surface area contributed by atoms with Crippen LogP contribution in [-0.2, 0) is 16.1 Å². The molecule has 0 aromatic heterocycles. The maximum Gasteiger partial charge on any atom is 0.310 e. The van der Waals surface area contributed by atoms with Crippen molar-refractivity contribution >= 4 is 5.97 Å². The van der Waals surface area contributed by atoms with E-state index in [1.54, 1.807) is 12.1 Å². The number of rotatable bonds is 4. The minimum absolute atomic E-state index is 0.0459. The van der Waals surface area contributed by atoms with E-state index >= 15 is 0 Å². The van der Waals surface area contributed by atoms with Crippen molar-refractivity contribution in [1.82, 2.24) is 5.32 Å². The third-order valence-corrected chi connectivity index (χ3v) is 3.50. The quantitative estimate of drug-likeness (QED) is 0.834. The predicted molar refractivity (Wildman–Crippen MR) is 66.4 cm³/mol. The van der Waals surface area contributed by atoms with Crippen LogP contribution in [0.1, 0.15) is 24.8 Å². The Morgan fingerprint density at radius 1 is 1.39 bits per heavy atom. The fourth-order valence-electron chi connectivity index (χ4n) is 2.49. The van der Waals surface area contributed by atoms with Crippen molar-refractivity contribution in [2.45, 2.75) is 31.8 Å². The van der Waals surface area contributed by atoms with Crippen molar-refractivity contribution in [1.29, 1.82) is 0 Å². The molecule has 1 aromatic rings. The zero-order chi connectivity index (χ0) is 13.0. The van der Waals surface area contributed by atoms with E-state index in [-0.39, 0.29) is 23.7 Å². The molecular formula is C14H18FNO2. The molecule has 1 aliphatic carbocycles. The van der Waals surface area contributed by atoms with E-state index in [1.807, 2.05) is 0 Å². The van der Waals surface area contributed by atoms with Crippen LogP contribution in [0.15, 0.2) is 24.3 Å². The fourth-order valence-corrected chi connectivity index (χ4v) is 2.49. The molecule has 1 fully saturated rings. The molecule has 0 spiro atoms. The Morgan fingerprint density at radius 3 is 2.78 bits per heavy atom. The number of ether oxygens (including phenoxy) is 1. The first-order valence-corrected chi connectivity index (χ1v) is 6.26. The molecular weight excluding hydrogens is 233 g/mol. The molecule has 1 N–H and O–H groups in total. The van der Waals surface area contributed by atoms with Gasteiger partial charge in [-0.25, -0.2) is 4.39 Å². The van der Waals surface area contributed by atoms with Crippen molar-refractivity contribution in [3.63, 3.8) is 0 Å². The van der Waals surface area contributed by atoms with Crippen LogP contribution >= 0.6 is 0 Å². The van der Waals surface area contributed by atoms with Crippen molar-refractivity contribution in [3.8, 4) is 0 Å². The maximum atomic E-state index is 12.8. The van der Waals surface area contributed by atoms with Crippen molar-refractivity contribution in [2.24, 2.45) is 5.92 Å². The predicted octanol–water partition coefficient (Wildman–Crippen LogP) is 2.26. The highest BCUT2D eigenvalue weighted by atomic mass is 19.1. The van der Waals surface area contributed by atoms with Crippen LogP contribution in [0.2, 0.25) is 0 Å². The van der Waals surface area contributed by atoms with Gasteiger partial charge in [0.25, 0.3) is 0 Å². The second-order valence-corrected chi connectivity index (χ2v) is 4.67. The second kappa shape index (κ2) is 5.96. The number of hydrogen-bond acceptors (Lipinski definition) is 3. The van der Waals surface area contributed by atoms with E-state index in [0.717, 1.165) is 24.8 Å². The van der Waals surface area contributed by atoms with Crippen LogP contribution in [0.4, 0.5) is 4.39 Å². The Bertz CT molecular complexity index is 405. The summed E-state index contributed by atoms with van der Waals surface area (Å²) in [5.74, 6) is -0.411. The van der Waals surface area contributed by atoms with Gasteiger partial charge < -0.3 is 10.1 Å². The van der Waals surface area contributed by atoms with E-state index in [1.165, 1.54) is 19.2 Å². The molecule has 0 aliphatic heterocycles. The number of benzene rings is 1.